The predicted molar refractivity (Wildman–Crippen MR) is 88.5 cm³/mol. The molecule has 0 aliphatic carbocycles. The maximum atomic E-state index is 12.6. The van der Waals surface area contributed by atoms with Gasteiger partial charge in [0.25, 0.3) is 0 Å². The topological polar surface area (TPSA) is 35.5 Å². The molecule has 0 spiro atoms. The van der Waals surface area contributed by atoms with E-state index in [0.29, 0.717) is 6.61 Å². The number of hydrogen-bond acceptors (Lipinski definition) is 3. The number of aryl methyl sites for hydroxylation is 1. The van der Waals surface area contributed by atoms with E-state index in [-0.39, 0.29) is 6.29 Å². The Labute approximate surface area is 142 Å². The summed E-state index contributed by atoms with van der Waals surface area (Å²) < 4.78 is 25.3. The van der Waals surface area contributed by atoms with Crippen molar-refractivity contribution in [2.75, 3.05) is 6.61 Å². The van der Waals surface area contributed by atoms with E-state index in [1.54, 1.807) is 0 Å². The van der Waals surface area contributed by atoms with E-state index < -0.39 is 13.6 Å². The molecule has 4 heteroatoms. The standard InChI is InChI=1S/C10H13O2.C9H11.Co.O/c1-3-11-9(2)12-10-7-5-4-6-8-10;1-2-6-9-7-4-3-5-8-9;;/h5-9H,3H2,1-2H3;4-5,7-8H,2,6H2,1H3;;. The summed E-state index contributed by atoms with van der Waals surface area (Å²) in [7, 11) is 0. The van der Waals surface area contributed by atoms with Crippen LogP contribution in [0.3, 0.4) is 0 Å². The zero-order valence-electron chi connectivity index (χ0n) is 13.9. The molecule has 0 aliphatic heterocycles. The monoisotopic (exact) mass is 359 g/mol. The van der Waals surface area contributed by atoms with Gasteiger partial charge >= 0.3 is 142 Å². The Hall–Kier alpha value is -1.49. The van der Waals surface area contributed by atoms with Crippen molar-refractivity contribution in [3.8, 4) is 5.75 Å². The van der Waals surface area contributed by atoms with Gasteiger partial charge in [0, 0.05) is 0 Å². The van der Waals surface area contributed by atoms with Crippen LogP contribution in [0, 0.1) is 0 Å². The second-order valence-electron chi connectivity index (χ2n) is 5.14. The zero-order valence-corrected chi connectivity index (χ0v) is 14.9. The Morgan fingerprint density at radius 1 is 0.957 bits per heavy atom. The Kier molecular flexibility index (Phi) is 6.96. The quantitative estimate of drug-likeness (QED) is 0.679. The first-order valence-electron chi connectivity index (χ1n) is 7.92. The van der Waals surface area contributed by atoms with Crippen LogP contribution in [-0.4, -0.2) is 12.9 Å². The van der Waals surface area contributed by atoms with Gasteiger partial charge in [0.05, 0.1) is 0 Å². The van der Waals surface area contributed by atoms with Gasteiger partial charge in [0.1, 0.15) is 0 Å². The first-order chi connectivity index (χ1) is 11.1. The van der Waals surface area contributed by atoms with Gasteiger partial charge in [-0.05, 0) is 0 Å². The van der Waals surface area contributed by atoms with Crippen LogP contribution in [0.1, 0.15) is 32.8 Å². The molecule has 2 aromatic rings. The van der Waals surface area contributed by atoms with Gasteiger partial charge in [-0.1, -0.05) is 0 Å². The number of ether oxygens (including phenoxy) is 2. The molecule has 23 heavy (non-hydrogen) atoms. The van der Waals surface area contributed by atoms with Crippen molar-refractivity contribution >= 4 is 9.00 Å². The van der Waals surface area contributed by atoms with Crippen LogP contribution in [0.5, 0.6) is 5.75 Å². The van der Waals surface area contributed by atoms with E-state index in [9.17, 15) is 3.87 Å². The molecule has 0 saturated carbocycles. The number of benzene rings is 2. The molecule has 0 N–H and O–H groups in total. The van der Waals surface area contributed by atoms with Crippen molar-refractivity contribution in [2.24, 2.45) is 0 Å². The zero-order chi connectivity index (χ0) is 16.7. The summed E-state index contributed by atoms with van der Waals surface area (Å²) in [4.78, 5) is 0. The molecule has 0 fully saturated rings. The second-order valence-corrected chi connectivity index (χ2v) is 7.03. The molecule has 1 unspecified atom stereocenters. The summed E-state index contributed by atoms with van der Waals surface area (Å²) in [6, 6.07) is 15.4. The van der Waals surface area contributed by atoms with E-state index >= 15 is 0 Å². The molecule has 0 heterocycles. The first-order valence-corrected chi connectivity index (χ1v) is 9.39. The van der Waals surface area contributed by atoms with Crippen LogP contribution >= 0.6 is 0 Å². The van der Waals surface area contributed by atoms with Crippen molar-refractivity contribution in [2.45, 2.75) is 39.9 Å². The Bertz CT molecular complexity index is 620. The van der Waals surface area contributed by atoms with Crippen LogP contribution < -0.4 is 13.7 Å². The SMILES string of the molecule is CCCc1cc[c]([Co](=[O])[c]2ccc(OC(C)OCC)cc2)cc1. The molecule has 3 nitrogen and oxygen atoms in total. The number of rotatable bonds is 8. The average Bonchev–Trinajstić information content (AvgIpc) is 2.56. The molecule has 2 rings (SSSR count). The number of hydrogen-bond donors (Lipinski definition) is 0. The third-order valence-electron chi connectivity index (χ3n) is 3.29. The predicted octanol–water partition coefficient (Wildman–Crippen LogP) is 3.31. The molecule has 2 aromatic carbocycles. The van der Waals surface area contributed by atoms with Crippen molar-refractivity contribution in [1.82, 2.24) is 0 Å². The summed E-state index contributed by atoms with van der Waals surface area (Å²) >= 11 is -1.54. The van der Waals surface area contributed by atoms with Gasteiger partial charge in [-0.3, -0.25) is 0 Å². The molecule has 0 aliphatic rings. The fourth-order valence-electron chi connectivity index (χ4n) is 2.21. The van der Waals surface area contributed by atoms with E-state index in [1.165, 1.54) is 5.56 Å². The van der Waals surface area contributed by atoms with Crippen molar-refractivity contribution < 1.29 is 26.9 Å². The summed E-state index contributed by atoms with van der Waals surface area (Å²) in [5, 5.41) is 0. The van der Waals surface area contributed by atoms with Crippen LogP contribution in [0.4, 0.5) is 0 Å². The van der Waals surface area contributed by atoms with Crippen LogP contribution in [0.2, 0.25) is 0 Å². The molecule has 0 amide bonds. The molecule has 0 saturated heterocycles. The van der Waals surface area contributed by atoms with Gasteiger partial charge in [-0.15, -0.1) is 0 Å². The van der Waals surface area contributed by atoms with Crippen LogP contribution in [-0.2, 0) is 28.6 Å². The van der Waals surface area contributed by atoms with Crippen molar-refractivity contribution in [1.29, 1.82) is 0 Å². The van der Waals surface area contributed by atoms with Gasteiger partial charge < -0.3 is 0 Å². The van der Waals surface area contributed by atoms with Crippen LogP contribution in [0.15, 0.2) is 48.5 Å². The van der Waals surface area contributed by atoms with Crippen molar-refractivity contribution in [3.05, 3.63) is 54.1 Å². The van der Waals surface area contributed by atoms with Gasteiger partial charge in [-0.2, -0.15) is 0 Å². The first kappa shape index (κ1) is 17.9. The molecule has 127 valence electrons. The third kappa shape index (κ3) is 5.27. The van der Waals surface area contributed by atoms with Gasteiger partial charge in [0.15, 0.2) is 0 Å². The summed E-state index contributed by atoms with van der Waals surface area (Å²) in [6.07, 6.45) is 1.89. The Morgan fingerprint density at radius 2 is 1.52 bits per heavy atom. The van der Waals surface area contributed by atoms with Gasteiger partial charge in [-0.25, -0.2) is 0 Å². The summed E-state index contributed by atoms with van der Waals surface area (Å²) in [5.41, 5.74) is 1.29. The Balaban J connectivity index is 2.04. The van der Waals surface area contributed by atoms with E-state index in [0.717, 1.165) is 27.6 Å². The summed E-state index contributed by atoms with van der Waals surface area (Å²) in [6.45, 7) is 6.55. The van der Waals surface area contributed by atoms with E-state index in [2.05, 4.69) is 19.1 Å². The minimum absolute atomic E-state index is 0.287. The fourth-order valence-corrected chi connectivity index (χ4v) is 3.54. The maximum absolute atomic E-state index is 12.6. The summed E-state index contributed by atoms with van der Waals surface area (Å²) in [5.74, 6) is 0.719. The third-order valence-corrected chi connectivity index (χ3v) is 5.07. The van der Waals surface area contributed by atoms with Crippen molar-refractivity contribution in [3.63, 3.8) is 0 Å². The molecule has 0 aromatic heterocycles. The molecule has 1 atom stereocenters. The molecular weight excluding hydrogens is 335 g/mol. The van der Waals surface area contributed by atoms with E-state index in [1.807, 2.05) is 50.2 Å². The fraction of sp³-hybridized carbons (Fsp3) is 0.368. The normalized spacial score (nSPS) is 12.7. The van der Waals surface area contributed by atoms with Gasteiger partial charge in [0.2, 0.25) is 0 Å². The van der Waals surface area contributed by atoms with Crippen LogP contribution in [0.25, 0.3) is 0 Å². The molecular formula is C19H24CoO3. The van der Waals surface area contributed by atoms with E-state index in [4.69, 9.17) is 9.47 Å². The average molecular weight is 359 g/mol. The minimum atomic E-state index is -1.54. The Morgan fingerprint density at radius 3 is 2.04 bits per heavy atom. The molecule has 0 bridgehead atoms. The molecule has 0 radical (unpaired) electrons. The second kappa shape index (κ2) is 8.96.